The largest absolute Gasteiger partial charge is 0.392 e. The normalized spacial score (nSPS) is 37.4. The summed E-state index contributed by atoms with van der Waals surface area (Å²) in [6, 6.07) is 9.40. The molecule has 1 aliphatic carbocycles. The second-order valence-corrected chi connectivity index (χ2v) is 4.46. The zero-order chi connectivity index (χ0) is 10.7. The highest BCUT2D eigenvalue weighted by atomic mass is 16.6. The molecule has 2 atom stereocenters. The molecule has 0 radical (unpaired) electrons. The molecule has 0 amide bonds. The summed E-state index contributed by atoms with van der Waals surface area (Å²) >= 11 is 0. The molecule has 2 aliphatic rings. The van der Waals surface area contributed by atoms with E-state index in [2.05, 4.69) is 0 Å². The van der Waals surface area contributed by atoms with Gasteiger partial charge in [-0.05, 0) is 18.9 Å². The molecule has 2 fully saturated rings. The molecule has 3 rings (SSSR count). The molecule has 3 nitrogen and oxygen atoms in total. The Hall–Kier alpha value is -1.64. The number of ether oxygens (including phenoxy) is 1. The fourth-order valence-electron chi connectivity index (χ4n) is 2.58. The highest BCUT2D eigenvalue weighted by molar-refractivity contribution is 6.10. The molecular formula is C12H10O3. The van der Waals surface area contributed by atoms with Gasteiger partial charge in [0.1, 0.15) is 5.41 Å². The number of carbonyl (C=O) groups excluding carboxylic acids is 2. The summed E-state index contributed by atoms with van der Waals surface area (Å²) in [5.74, 6) is -0.766. The van der Waals surface area contributed by atoms with Crippen molar-refractivity contribution < 1.29 is 14.3 Å². The maximum atomic E-state index is 11.7. The first-order valence-electron chi connectivity index (χ1n) is 4.93. The van der Waals surface area contributed by atoms with Crippen LogP contribution in [0.2, 0.25) is 0 Å². The van der Waals surface area contributed by atoms with Crippen LogP contribution < -0.4 is 0 Å². The quantitative estimate of drug-likeness (QED) is 0.511. The van der Waals surface area contributed by atoms with Crippen LogP contribution in [-0.2, 0) is 19.7 Å². The first-order chi connectivity index (χ1) is 7.11. The smallest absolute Gasteiger partial charge is 0.325 e. The molecule has 1 aromatic rings. The van der Waals surface area contributed by atoms with Gasteiger partial charge in [-0.2, -0.15) is 0 Å². The lowest BCUT2D eigenvalue weighted by Gasteiger charge is -2.08. The number of rotatable bonds is 1. The van der Waals surface area contributed by atoms with Crippen LogP contribution in [0.1, 0.15) is 18.9 Å². The fourth-order valence-corrected chi connectivity index (χ4v) is 2.58. The van der Waals surface area contributed by atoms with E-state index in [9.17, 15) is 9.59 Å². The van der Waals surface area contributed by atoms with Gasteiger partial charge in [-0.15, -0.1) is 0 Å². The summed E-state index contributed by atoms with van der Waals surface area (Å²) in [5, 5.41) is 0. The lowest BCUT2D eigenvalue weighted by molar-refractivity contribution is -0.157. The second kappa shape index (κ2) is 2.30. The van der Waals surface area contributed by atoms with Crippen molar-refractivity contribution in [3.8, 4) is 0 Å². The summed E-state index contributed by atoms with van der Waals surface area (Å²) in [6.45, 7) is 1.80. The maximum absolute atomic E-state index is 11.7. The van der Waals surface area contributed by atoms with Crippen LogP contribution in [0.15, 0.2) is 30.3 Å². The first kappa shape index (κ1) is 8.65. The molecule has 3 heteroatoms. The molecular weight excluding hydrogens is 192 g/mol. The van der Waals surface area contributed by atoms with E-state index in [1.807, 2.05) is 30.3 Å². The number of carbonyl (C=O) groups is 2. The van der Waals surface area contributed by atoms with Crippen molar-refractivity contribution >= 4 is 11.9 Å². The monoisotopic (exact) mass is 202 g/mol. The van der Waals surface area contributed by atoms with Crippen molar-refractivity contribution in [2.45, 2.75) is 18.8 Å². The standard InChI is InChI=1S/C12H10O3/c1-11-7-12(11,10(14)15-9(11)13)8-5-3-2-4-6-8/h2-6H,7H2,1H3. The van der Waals surface area contributed by atoms with Gasteiger partial charge in [-0.1, -0.05) is 30.3 Å². The molecule has 1 saturated heterocycles. The molecule has 15 heavy (non-hydrogen) atoms. The van der Waals surface area contributed by atoms with E-state index < -0.39 is 10.8 Å². The third kappa shape index (κ3) is 0.775. The molecule has 0 aromatic heterocycles. The lowest BCUT2D eigenvalue weighted by atomic mass is 9.89. The summed E-state index contributed by atoms with van der Waals surface area (Å²) in [4.78, 5) is 23.2. The third-order valence-electron chi connectivity index (χ3n) is 3.69. The van der Waals surface area contributed by atoms with Gasteiger partial charge in [0.2, 0.25) is 0 Å². The molecule has 1 aliphatic heterocycles. The SMILES string of the molecule is CC12CC1(c1ccccc1)C(=O)OC2=O. The number of esters is 2. The lowest BCUT2D eigenvalue weighted by Crippen LogP contribution is -2.20. The Labute approximate surface area is 87.0 Å². The van der Waals surface area contributed by atoms with Gasteiger partial charge in [-0.3, -0.25) is 9.59 Å². The van der Waals surface area contributed by atoms with Gasteiger partial charge in [0, 0.05) is 0 Å². The van der Waals surface area contributed by atoms with Crippen molar-refractivity contribution in [3.63, 3.8) is 0 Å². The van der Waals surface area contributed by atoms with Crippen LogP contribution in [0.5, 0.6) is 0 Å². The van der Waals surface area contributed by atoms with Gasteiger partial charge in [0.15, 0.2) is 0 Å². The Kier molecular flexibility index (Phi) is 1.32. The van der Waals surface area contributed by atoms with E-state index in [0.717, 1.165) is 5.56 Å². The van der Waals surface area contributed by atoms with Crippen LogP contribution in [-0.4, -0.2) is 11.9 Å². The third-order valence-corrected chi connectivity index (χ3v) is 3.69. The van der Waals surface area contributed by atoms with E-state index >= 15 is 0 Å². The van der Waals surface area contributed by atoms with Crippen molar-refractivity contribution in [1.82, 2.24) is 0 Å². The minimum absolute atomic E-state index is 0.378. The molecule has 1 aromatic carbocycles. The number of benzene rings is 1. The maximum Gasteiger partial charge on any atom is 0.325 e. The minimum atomic E-state index is -0.689. The van der Waals surface area contributed by atoms with E-state index in [0.29, 0.717) is 6.42 Å². The number of fused-ring (bicyclic) bond motifs is 1. The van der Waals surface area contributed by atoms with Crippen molar-refractivity contribution in [2.24, 2.45) is 5.41 Å². The molecule has 0 spiro atoms. The van der Waals surface area contributed by atoms with Crippen LogP contribution in [0.25, 0.3) is 0 Å². The van der Waals surface area contributed by atoms with Gasteiger partial charge >= 0.3 is 11.9 Å². The van der Waals surface area contributed by atoms with Gasteiger partial charge < -0.3 is 4.74 Å². The van der Waals surface area contributed by atoms with Crippen LogP contribution in [0, 0.1) is 5.41 Å². The summed E-state index contributed by atoms with van der Waals surface area (Å²) in [7, 11) is 0. The molecule has 0 bridgehead atoms. The molecule has 76 valence electrons. The Morgan fingerprint density at radius 1 is 1.13 bits per heavy atom. The van der Waals surface area contributed by atoms with Crippen molar-refractivity contribution in [3.05, 3.63) is 35.9 Å². The Morgan fingerprint density at radius 2 is 1.80 bits per heavy atom. The molecule has 2 unspecified atom stereocenters. The molecule has 1 saturated carbocycles. The molecule has 1 heterocycles. The van der Waals surface area contributed by atoms with Crippen molar-refractivity contribution in [2.75, 3.05) is 0 Å². The van der Waals surface area contributed by atoms with Gasteiger partial charge in [0.05, 0.1) is 5.41 Å². The summed E-state index contributed by atoms with van der Waals surface area (Å²) in [6.07, 6.45) is 0.585. The average molecular weight is 202 g/mol. The van der Waals surface area contributed by atoms with E-state index in [1.54, 1.807) is 6.92 Å². The van der Waals surface area contributed by atoms with E-state index in [1.165, 1.54) is 0 Å². The number of hydrogen-bond acceptors (Lipinski definition) is 3. The highest BCUT2D eigenvalue weighted by Gasteiger charge is 2.80. The van der Waals surface area contributed by atoms with Gasteiger partial charge in [0.25, 0.3) is 0 Å². The predicted octanol–water partition coefficient (Wildman–Crippen LogP) is 1.42. The Morgan fingerprint density at radius 3 is 2.27 bits per heavy atom. The summed E-state index contributed by atoms with van der Waals surface area (Å²) in [5.41, 5.74) is -0.417. The average Bonchev–Trinajstić information content (AvgIpc) is 2.84. The topological polar surface area (TPSA) is 43.4 Å². The molecule has 0 N–H and O–H groups in total. The Bertz CT molecular complexity index is 465. The zero-order valence-electron chi connectivity index (χ0n) is 8.32. The van der Waals surface area contributed by atoms with Crippen LogP contribution in [0.3, 0.4) is 0 Å². The fraction of sp³-hybridized carbons (Fsp3) is 0.333. The van der Waals surface area contributed by atoms with Crippen molar-refractivity contribution in [1.29, 1.82) is 0 Å². The van der Waals surface area contributed by atoms with E-state index in [4.69, 9.17) is 4.74 Å². The second-order valence-electron chi connectivity index (χ2n) is 4.46. The number of cyclic esters (lactones) is 2. The number of hydrogen-bond donors (Lipinski definition) is 0. The summed E-state index contributed by atoms with van der Waals surface area (Å²) < 4.78 is 4.71. The zero-order valence-corrected chi connectivity index (χ0v) is 8.32. The van der Waals surface area contributed by atoms with Crippen LogP contribution >= 0.6 is 0 Å². The highest BCUT2D eigenvalue weighted by Crippen LogP contribution is 2.69. The van der Waals surface area contributed by atoms with E-state index in [-0.39, 0.29) is 11.9 Å². The minimum Gasteiger partial charge on any atom is -0.392 e. The Balaban J connectivity index is 2.15. The first-order valence-corrected chi connectivity index (χ1v) is 4.93. The predicted molar refractivity (Wildman–Crippen MR) is 51.9 cm³/mol. The van der Waals surface area contributed by atoms with Crippen LogP contribution in [0.4, 0.5) is 0 Å². The van der Waals surface area contributed by atoms with Gasteiger partial charge in [-0.25, -0.2) is 0 Å².